The molecular weight excluding hydrogens is 479 g/mol. The van der Waals surface area contributed by atoms with Gasteiger partial charge < -0.3 is 20.3 Å². The molecule has 2 rings (SSSR count). The summed E-state index contributed by atoms with van der Waals surface area (Å²) in [6.07, 6.45) is -22.4. The zero-order valence-electron chi connectivity index (χ0n) is 16.7. The summed E-state index contributed by atoms with van der Waals surface area (Å²) in [5.41, 5.74) is 0.987. The van der Waals surface area contributed by atoms with Crippen LogP contribution in [0, 0.1) is 5.41 Å². The number of carbonyl (C=O) groups excluding carboxylic acids is 2. The predicted molar refractivity (Wildman–Crippen MR) is 92.9 cm³/mol. The lowest BCUT2D eigenvalue weighted by atomic mass is 9.84. The van der Waals surface area contributed by atoms with E-state index in [2.05, 4.69) is 4.74 Å². The average Bonchev–Trinajstić information content (AvgIpc) is 3.07. The Hall–Kier alpha value is -2.68. The number of nitrogens with two attached hydrogens (primary N) is 1. The molecule has 0 radical (unpaired) electrons. The third kappa shape index (κ3) is 5.63. The summed E-state index contributed by atoms with van der Waals surface area (Å²) in [7, 11) is 0. The van der Waals surface area contributed by atoms with E-state index in [0.717, 1.165) is 4.90 Å². The van der Waals surface area contributed by atoms with Crippen LogP contribution in [0.4, 0.5) is 44.3 Å². The molecule has 188 valence electrons. The second-order valence-corrected chi connectivity index (χ2v) is 7.57. The maximum absolute atomic E-state index is 12.9. The fraction of sp³-hybridized carbons (Fsp3) is 0.706. The Morgan fingerprint density at radius 1 is 0.939 bits per heavy atom. The van der Waals surface area contributed by atoms with E-state index in [4.69, 9.17) is 11.1 Å². The zero-order chi connectivity index (χ0) is 25.4. The van der Waals surface area contributed by atoms with Crippen LogP contribution in [0.3, 0.4) is 0 Å². The molecule has 0 atom stereocenters. The van der Waals surface area contributed by atoms with Crippen LogP contribution in [0.25, 0.3) is 0 Å². The molecule has 0 unspecified atom stereocenters. The molecule has 3 N–H and O–H groups in total. The van der Waals surface area contributed by atoms with Crippen molar-refractivity contribution in [1.29, 1.82) is 5.41 Å². The number of piperidine rings is 1. The normalized spacial score (nSPS) is 19.9. The molecule has 2 aliphatic rings. The van der Waals surface area contributed by atoms with Crippen molar-refractivity contribution in [3.8, 4) is 0 Å². The molecule has 2 saturated heterocycles. The van der Waals surface area contributed by atoms with Crippen molar-refractivity contribution in [2.24, 2.45) is 5.73 Å². The van der Waals surface area contributed by atoms with E-state index in [1.165, 1.54) is 0 Å². The first-order valence-corrected chi connectivity index (χ1v) is 9.43. The van der Waals surface area contributed by atoms with E-state index in [1.807, 2.05) is 0 Å². The van der Waals surface area contributed by atoms with Gasteiger partial charge in [-0.25, -0.2) is 4.79 Å². The van der Waals surface area contributed by atoms with Crippen LogP contribution in [0.1, 0.15) is 25.7 Å². The predicted octanol–water partition coefficient (Wildman–Crippen LogP) is 3.50. The van der Waals surface area contributed by atoms with Gasteiger partial charge in [0.1, 0.15) is 5.71 Å². The number of likely N-dealkylation sites (tertiary alicyclic amines) is 2. The highest BCUT2D eigenvalue weighted by molar-refractivity contribution is 6.22. The summed E-state index contributed by atoms with van der Waals surface area (Å²) in [4.78, 5) is 26.3. The quantitative estimate of drug-likeness (QED) is 0.354. The molecule has 0 aromatic heterocycles. The number of hydrogen-bond donors (Lipinski definition) is 2. The summed E-state index contributed by atoms with van der Waals surface area (Å²) in [5, 5.41) is 7.17. The van der Waals surface area contributed by atoms with E-state index in [-0.39, 0.29) is 25.8 Å². The molecule has 0 aliphatic carbocycles. The van der Waals surface area contributed by atoms with Crippen molar-refractivity contribution < 1.29 is 53.8 Å². The topological polar surface area (TPSA) is 99.7 Å². The van der Waals surface area contributed by atoms with E-state index in [0.29, 0.717) is 17.5 Å². The summed E-state index contributed by atoms with van der Waals surface area (Å²) < 4.78 is 118. The summed E-state index contributed by atoms with van der Waals surface area (Å²) in [5.74, 6) is -1.18. The Kier molecular flexibility index (Phi) is 7.19. The van der Waals surface area contributed by atoms with Gasteiger partial charge in [0.25, 0.3) is 12.0 Å². The van der Waals surface area contributed by atoms with Gasteiger partial charge in [-0.1, -0.05) is 0 Å². The Labute approximate surface area is 180 Å². The van der Waals surface area contributed by atoms with Crippen LogP contribution in [-0.4, -0.2) is 77.3 Å². The van der Waals surface area contributed by atoms with Crippen molar-refractivity contribution in [3.05, 3.63) is 11.8 Å². The maximum atomic E-state index is 12.9. The van der Waals surface area contributed by atoms with Crippen LogP contribution in [0.2, 0.25) is 0 Å². The third-order valence-corrected chi connectivity index (χ3v) is 5.56. The molecule has 16 heteroatoms. The molecule has 2 fully saturated rings. The molecule has 33 heavy (non-hydrogen) atoms. The molecule has 2 heterocycles. The summed E-state index contributed by atoms with van der Waals surface area (Å²) in [6, 6.07) is 0. The average molecular weight is 498 g/mol. The number of alkyl halides is 9. The standard InChI is InChI=1S/C17H19F9N4O3/c18-15(19,20)10(28)9(8-27)11(31)30-5-1-2-14(30)3-6-29(7-4-14)13(32)33-12(16(21,22)23)17(24,25)26/h8,12,28H,1-7,27H2. The highest BCUT2D eigenvalue weighted by Gasteiger charge is 2.60. The van der Waals surface area contributed by atoms with Gasteiger partial charge >= 0.3 is 24.6 Å². The molecule has 0 saturated carbocycles. The second-order valence-electron chi connectivity index (χ2n) is 7.57. The SMILES string of the molecule is N=C(C(=CN)C(=O)N1CCCC12CCN(C(=O)OC(C(F)(F)F)C(F)(F)F)CC2)C(F)(F)F. The first-order chi connectivity index (χ1) is 14.9. The Morgan fingerprint density at radius 3 is 1.88 bits per heavy atom. The van der Waals surface area contributed by atoms with Gasteiger partial charge in [0.15, 0.2) is 0 Å². The van der Waals surface area contributed by atoms with Crippen LogP contribution in [0.5, 0.6) is 0 Å². The van der Waals surface area contributed by atoms with Crippen molar-refractivity contribution in [3.63, 3.8) is 0 Å². The van der Waals surface area contributed by atoms with Crippen LogP contribution < -0.4 is 5.73 Å². The van der Waals surface area contributed by atoms with Crippen LogP contribution in [0.15, 0.2) is 11.8 Å². The maximum Gasteiger partial charge on any atom is 0.434 e. The van der Waals surface area contributed by atoms with Gasteiger partial charge in [0.05, 0.1) is 5.57 Å². The van der Waals surface area contributed by atoms with Gasteiger partial charge in [0, 0.05) is 31.4 Å². The number of ether oxygens (including phenoxy) is 1. The Bertz CT molecular complexity index is 798. The van der Waals surface area contributed by atoms with E-state index >= 15 is 0 Å². The van der Waals surface area contributed by atoms with Crippen molar-refractivity contribution in [2.75, 3.05) is 19.6 Å². The monoisotopic (exact) mass is 498 g/mol. The fourth-order valence-electron chi connectivity index (χ4n) is 3.93. The molecular formula is C17H19F9N4O3. The lowest BCUT2D eigenvalue weighted by Crippen LogP contribution is -2.57. The van der Waals surface area contributed by atoms with Gasteiger partial charge in [-0.15, -0.1) is 0 Å². The smallest absolute Gasteiger partial charge is 0.426 e. The zero-order valence-corrected chi connectivity index (χ0v) is 16.7. The Morgan fingerprint density at radius 2 is 1.45 bits per heavy atom. The third-order valence-electron chi connectivity index (χ3n) is 5.56. The van der Waals surface area contributed by atoms with E-state index in [9.17, 15) is 49.1 Å². The van der Waals surface area contributed by atoms with Gasteiger partial charge in [0.2, 0.25) is 0 Å². The number of amides is 2. The number of rotatable bonds is 3. The van der Waals surface area contributed by atoms with Gasteiger partial charge in [-0.05, 0) is 25.7 Å². The highest BCUT2D eigenvalue weighted by atomic mass is 19.4. The molecule has 2 aliphatic heterocycles. The number of halogens is 9. The minimum absolute atomic E-state index is 0.00399. The summed E-state index contributed by atoms with van der Waals surface area (Å²) >= 11 is 0. The second kappa shape index (κ2) is 8.93. The van der Waals surface area contributed by atoms with Crippen LogP contribution in [-0.2, 0) is 9.53 Å². The van der Waals surface area contributed by atoms with Gasteiger partial charge in [-0.2, -0.15) is 39.5 Å². The fourth-order valence-corrected chi connectivity index (χ4v) is 3.93. The van der Waals surface area contributed by atoms with Crippen molar-refractivity contribution in [2.45, 2.75) is 55.9 Å². The van der Waals surface area contributed by atoms with E-state index < -0.39 is 66.5 Å². The number of hydrogen-bond acceptors (Lipinski definition) is 5. The lowest BCUT2D eigenvalue weighted by molar-refractivity contribution is -0.308. The molecule has 0 aromatic carbocycles. The van der Waals surface area contributed by atoms with E-state index in [1.54, 1.807) is 0 Å². The van der Waals surface area contributed by atoms with Crippen molar-refractivity contribution in [1.82, 2.24) is 9.80 Å². The minimum atomic E-state index is -5.88. The summed E-state index contributed by atoms with van der Waals surface area (Å²) in [6.45, 7) is -0.803. The Balaban J connectivity index is 2.12. The number of nitrogens with one attached hydrogen (secondary N) is 1. The molecule has 0 aromatic rings. The molecule has 1 spiro atoms. The number of carbonyl (C=O) groups is 2. The largest absolute Gasteiger partial charge is 0.434 e. The molecule has 7 nitrogen and oxygen atoms in total. The minimum Gasteiger partial charge on any atom is -0.426 e. The van der Waals surface area contributed by atoms with Crippen molar-refractivity contribution >= 4 is 17.7 Å². The highest BCUT2D eigenvalue weighted by Crippen LogP contribution is 2.41. The lowest BCUT2D eigenvalue weighted by Gasteiger charge is -2.45. The molecule has 0 bridgehead atoms. The first kappa shape index (κ1) is 26.6. The van der Waals surface area contributed by atoms with Gasteiger partial charge in [-0.3, -0.25) is 10.2 Å². The van der Waals surface area contributed by atoms with Crippen LogP contribution >= 0.6 is 0 Å². The first-order valence-electron chi connectivity index (χ1n) is 9.43. The molecule has 2 amide bonds. The number of nitrogens with zero attached hydrogens (tertiary/aromatic N) is 2.